The fourth-order valence-electron chi connectivity index (χ4n) is 2.69. The van der Waals surface area contributed by atoms with E-state index < -0.39 is 0 Å². The number of rotatable bonds is 4. The van der Waals surface area contributed by atoms with Crippen molar-refractivity contribution in [3.05, 3.63) is 69.7 Å². The van der Waals surface area contributed by atoms with Crippen LogP contribution in [0.15, 0.2) is 58.1 Å². The zero-order valence-electron chi connectivity index (χ0n) is 13.5. The molecule has 120 valence electrons. The van der Waals surface area contributed by atoms with Gasteiger partial charge in [0, 0.05) is 42.8 Å². The van der Waals surface area contributed by atoms with Crippen molar-refractivity contribution in [1.29, 1.82) is 0 Å². The lowest BCUT2D eigenvalue weighted by atomic mass is 10.1. The quantitative estimate of drug-likeness (QED) is 0.758. The van der Waals surface area contributed by atoms with E-state index in [2.05, 4.69) is 68.2 Å². The van der Waals surface area contributed by atoms with Crippen LogP contribution in [0.25, 0.3) is 0 Å². The molecule has 1 aliphatic rings. The minimum Gasteiger partial charge on any atom is -0.295 e. The third kappa shape index (κ3) is 4.66. The molecule has 3 nitrogen and oxygen atoms in total. The Bertz CT molecular complexity index is 659. The summed E-state index contributed by atoms with van der Waals surface area (Å²) in [6, 6.07) is 17.0. The molecule has 0 N–H and O–H groups in total. The highest BCUT2D eigenvalue weighted by molar-refractivity contribution is 9.10. The van der Waals surface area contributed by atoms with Crippen LogP contribution < -0.4 is 0 Å². The lowest BCUT2D eigenvalue weighted by molar-refractivity contribution is 0.131. The van der Waals surface area contributed by atoms with E-state index in [1.165, 1.54) is 11.1 Å². The van der Waals surface area contributed by atoms with Crippen LogP contribution >= 0.6 is 15.9 Å². The van der Waals surface area contributed by atoms with E-state index in [1.54, 1.807) is 0 Å². The normalized spacial score (nSPS) is 16.2. The first-order chi connectivity index (χ1) is 11.2. The molecule has 0 atom stereocenters. The smallest absolute Gasteiger partial charge is 0.0554 e. The van der Waals surface area contributed by atoms with Gasteiger partial charge in [-0.05, 0) is 18.6 Å². The topological polar surface area (TPSA) is 18.8 Å². The van der Waals surface area contributed by atoms with Crippen molar-refractivity contribution in [2.75, 3.05) is 26.2 Å². The van der Waals surface area contributed by atoms with Gasteiger partial charge in [0.1, 0.15) is 0 Å². The molecule has 1 saturated heterocycles. The van der Waals surface area contributed by atoms with Gasteiger partial charge in [-0.3, -0.25) is 9.91 Å². The van der Waals surface area contributed by atoms with Gasteiger partial charge in [-0.1, -0.05) is 64.0 Å². The number of aryl methyl sites for hydroxylation is 1. The Kier molecular flexibility index (Phi) is 5.47. The minimum absolute atomic E-state index is 0.979. The molecular formula is C19H22BrN3. The largest absolute Gasteiger partial charge is 0.295 e. The second kappa shape index (κ2) is 7.75. The molecule has 0 aliphatic carbocycles. The molecule has 4 heteroatoms. The summed E-state index contributed by atoms with van der Waals surface area (Å²) >= 11 is 3.55. The molecule has 0 spiro atoms. The van der Waals surface area contributed by atoms with Crippen molar-refractivity contribution >= 4 is 22.1 Å². The third-order valence-electron chi connectivity index (χ3n) is 4.14. The average molecular weight is 372 g/mol. The highest BCUT2D eigenvalue weighted by atomic mass is 79.9. The van der Waals surface area contributed by atoms with Gasteiger partial charge in [0.25, 0.3) is 0 Å². The Balaban J connectivity index is 1.50. The summed E-state index contributed by atoms with van der Waals surface area (Å²) in [4.78, 5) is 2.50. The van der Waals surface area contributed by atoms with Crippen molar-refractivity contribution in [3.8, 4) is 0 Å². The second-order valence-electron chi connectivity index (χ2n) is 5.98. The number of nitrogens with zero attached hydrogens (tertiary/aromatic N) is 3. The Morgan fingerprint density at radius 1 is 1.00 bits per heavy atom. The molecule has 1 fully saturated rings. The van der Waals surface area contributed by atoms with Crippen molar-refractivity contribution in [1.82, 2.24) is 9.91 Å². The molecule has 0 radical (unpaired) electrons. The van der Waals surface area contributed by atoms with E-state index in [1.807, 2.05) is 24.4 Å². The first kappa shape index (κ1) is 16.2. The number of hydrogen-bond acceptors (Lipinski definition) is 3. The van der Waals surface area contributed by atoms with E-state index in [-0.39, 0.29) is 0 Å². The zero-order valence-corrected chi connectivity index (χ0v) is 15.0. The van der Waals surface area contributed by atoms with Crippen molar-refractivity contribution < 1.29 is 0 Å². The van der Waals surface area contributed by atoms with Gasteiger partial charge < -0.3 is 0 Å². The van der Waals surface area contributed by atoms with Crippen LogP contribution in [0.2, 0.25) is 0 Å². The highest BCUT2D eigenvalue weighted by Crippen LogP contribution is 2.14. The maximum Gasteiger partial charge on any atom is 0.0554 e. The van der Waals surface area contributed by atoms with Gasteiger partial charge in [-0.15, -0.1) is 0 Å². The summed E-state index contributed by atoms with van der Waals surface area (Å²) < 4.78 is 1.08. The van der Waals surface area contributed by atoms with E-state index in [0.29, 0.717) is 0 Å². The molecule has 3 rings (SSSR count). The molecule has 0 unspecified atom stereocenters. The summed E-state index contributed by atoms with van der Waals surface area (Å²) in [7, 11) is 0. The molecule has 23 heavy (non-hydrogen) atoms. The van der Waals surface area contributed by atoms with E-state index in [4.69, 9.17) is 0 Å². The SMILES string of the molecule is Cc1ccc(CN2CCN(/N=C\c3ccccc3Br)CC2)cc1. The number of halogens is 1. The molecule has 0 saturated carbocycles. The summed E-state index contributed by atoms with van der Waals surface area (Å²) in [5, 5.41) is 6.78. The molecule has 2 aromatic rings. The summed E-state index contributed by atoms with van der Waals surface area (Å²) in [6.07, 6.45) is 1.94. The summed E-state index contributed by atoms with van der Waals surface area (Å²) in [6.45, 7) is 7.23. The molecule has 0 bridgehead atoms. The summed E-state index contributed by atoms with van der Waals surface area (Å²) in [5.74, 6) is 0. The van der Waals surface area contributed by atoms with E-state index in [0.717, 1.165) is 42.8 Å². The van der Waals surface area contributed by atoms with E-state index in [9.17, 15) is 0 Å². The van der Waals surface area contributed by atoms with Crippen LogP contribution in [-0.2, 0) is 6.54 Å². The van der Waals surface area contributed by atoms with Crippen molar-refractivity contribution in [3.63, 3.8) is 0 Å². The van der Waals surface area contributed by atoms with Gasteiger partial charge in [0.15, 0.2) is 0 Å². The van der Waals surface area contributed by atoms with Crippen LogP contribution in [0, 0.1) is 6.92 Å². The van der Waals surface area contributed by atoms with Crippen molar-refractivity contribution in [2.24, 2.45) is 5.10 Å². The molecule has 1 aliphatic heterocycles. The predicted octanol–water partition coefficient (Wildman–Crippen LogP) is 3.91. The maximum absolute atomic E-state index is 4.62. The number of hydrazone groups is 1. The Morgan fingerprint density at radius 3 is 2.39 bits per heavy atom. The molecule has 2 aromatic carbocycles. The van der Waals surface area contributed by atoms with Crippen LogP contribution in [0.5, 0.6) is 0 Å². The minimum atomic E-state index is 0.979. The maximum atomic E-state index is 4.62. The Labute approximate surface area is 146 Å². The van der Waals surface area contributed by atoms with Gasteiger partial charge >= 0.3 is 0 Å². The number of hydrogen-bond donors (Lipinski definition) is 0. The predicted molar refractivity (Wildman–Crippen MR) is 99.8 cm³/mol. The van der Waals surface area contributed by atoms with Crippen molar-refractivity contribution in [2.45, 2.75) is 13.5 Å². The fourth-order valence-corrected chi connectivity index (χ4v) is 3.07. The fraction of sp³-hybridized carbons (Fsp3) is 0.316. The molecule has 0 aromatic heterocycles. The third-order valence-corrected chi connectivity index (χ3v) is 4.86. The lowest BCUT2D eigenvalue weighted by Crippen LogP contribution is -2.43. The first-order valence-corrected chi connectivity index (χ1v) is 8.81. The van der Waals surface area contributed by atoms with E-state index >= 15 is 0 Å². The van der Waals surface area contributed by atoms with Crippen LogP contribution in [-0.4, -0.2) is 42.3 Å². The summed E-state index contributed by atoms with van der Waals surface area (Å²) in [5.41, 5.74) is 3.83. The average Bonchev–Trinajstić information content (AvgIpc) is 2.58. The lowest BCUT2D eigenvalue weighted by Gasteiger charge is -2.33. The monoisotopic (exact) mass is 371 g/mol. The van der Waals surface area contributed by atoms with Gasteiger partial charge in [-0.2, -0.15) is 5.10 Å². The van der Waals surface area contributed by atoms with Gasteiger partial charge in [0.05, 0.1) is 6.21 Å². The first-order valence-electron chi connectivity index (χ1n) is 8.02. The van der Waals surface area contributed by atoms with Gasteiger partial charge in [0.2, 0.25) is 0 Å². The van der Waals surface area contributed by atoms with Crippen LogP contribution in [0.3, 0.4) is 0 Å². The Morgan fingerprint density at radius 2 is 1.70 bits per heavy atom. The second-order valence-corrected chi connectivity index (χ2v) is 6.84. The Hall–Kier alpha value is -1.65. The van der Waals surface area contributed by atoms with Gasteiger partial charge in [-0.25, -0.2) is 0 Å². The number of benzene rings is 2. The molecule has 0 amide bonds. The molecule has 1 heterocycles. The highest BCUT2D eigenvalue weighted by Gasteiger charge is 2.15. The van der Waals surface area contributed by atoms with Crippen LogP contribution in [0.4, 0.5) is 0 Å². The van der Waals surface area contributed by atoms with Crippen LogP contribution in [0.1, 0.15) is 16.7 Å². The molecular weight excluding hydrogens is 350 g/mol. The zero-order chi connectivity index (χ0) is 16.1. The standard InChI is InChI=1S/C19H22BrN3/c1-16-6-8-17(9-7-16)15-22-10-12-23(13-11-22)21-14-18-4-2-3-5-19(18)20/h2-9,14H,10-13,15H2,1H3/b21-14-. The number of piperazine rings is 1.